The highest BCUT2D eigenvalue weighted by atomic mass is 79.9. The van der Waals surface area contributed by atoms with E-state index in [-0.39, 0.29) is 11.9 Å². The van der Waals surface area contributed by atoms with E-state index >= 15 is 0 Å². The molecular formula is C14H17BrN2O3. The molecule has 0 saturated heterocycles. The number of carbonyl (C=O) groups excluding carboxylic acids is 1. The van der Waals surface area contributed by atoms with Gasteiger partial charge in [0.2, 0.25) is 0 Å². The highest BCUT2D eigenvalue weighted by Crippen LogP contribution is 2.38. The summed E-state index contributed by atoms with van der Waals surface area (Å²) in [6.07, 6.45) is 2.06. The van der Waals surface area contributed by atoms with Gasteiger partial charge in [-0.3, -0.25) is 9.59 Å². The Bertz CT molecular complexity index is 541. The van der Waals surface area contributed by atoms with Crippen molar-refractivity contribution in [3.05, 3.63) is 28.2 Å². The average molecular weight is 341 g/mol. The highest BCUT2D eigenvalue weighted by molar-refractivity contribution is 9.10. The number of hydrogen-bond donors (Lipinski definition) is 3. The van der Waals surface area contributed by atoms with Crippen molar-refractivity contribution < 1.29 is 14.7 Å². The van der Waals surface area contributed by atoms with E-state index in [1.54, 1.807) is 25.1 Å². The molecule has 1 saturated carbocycles. The predicted octanol–water partition coefficient (Wildman–Crippen LogP) is 2.40. The molecule has 6 heteroatoms. The molecule has 2 unspecified atom stereocenters. The topological polar surface area (TPSA) is 92.4 Å². The number of nitrogen functional groups attached to an aromatic ring is 1. The van der Waals surface area contributed by atoms with Gasteiger partial charge in [-0.2, -0.15) is 0 Å². The second-order valence-corrected chi connectivity index (χ2v) is 6.33. The lowest BCUT2D eigenvalue weighted by molar-refractivity contribution is -0.148. The lowest BCUT2D eigenvalue weighted by Gasteiger charge is -2.27. The van der Waals surface area contributed by atoms with Crippen molar-refractivity contribution >= 4 is 33.5 Å². The molecule has 1 aliphatic rings. The Morgan fingerprint density at radius 1 is 1.45 bits per heavy atom. The number of amides is 1. The minimum Gasteiger partial charge on any atom is -0.481 e. The lowest BCUT2D eigenvalue weighted by Crippen LogP contribution is -2.47. The maximum atomic E-state index is 12.2. The minimum absolute atomic E-state index is 0.294. The van der Waals surface area contributed by atoms with E-state index in [0.29, 0.717) is 24.1 Å². The molecular weight excluding hydrogens is 324 g/mol. The van der Waals surface area contributed by atoms with Crippen molar-refractivity contribution in [3.63, 3.8) is 0 Å². The Kier molecular flexibility index (Phi) is 4.04. The molecule has 1 aromatic carbocycles. The number of carboxylic acids is 1. The Morgan fingerprint density at radius 2 is 2.15 bits per heavy atom. The van der Waals surface area contributed by atoms with Crippen LogP contribution in [0.15, 0.2) is 22.7 Å². The van der Waals surface area contributed by atoms with Gasteiger partial charge in [0.15, 0.2) is 0 Å². The van der Waals surface area contributed by atoms with E-state index < -0.39 is 11.4 Å². The third-order valence-electron chi connectivity index (χ3n) is 3.93. The third kappa shape index (κ3) is 2.80. The number of aliphatic carboxylic acids is 1. The van der Waals surface area contributed by atoms with Gasteiger partial charge >= 0.3 is 5.97 Å². The molecule has 0 heterocycles. The Labute approximate surface area is 125 Å². The molecule has 20 heavy (non-hydrogen) atoms. The quantitative estimate of drug-likeness (QED) is 0.736. The summed E-state index contributed by atoms with van der Waals surface area (Å²) in [7, 11) is 0. The van der Waals surface area contributed by atoms with E-state index in [4.69, 9.17) is 5.73 Å². The van der Waals surface area contributed by atoms with Gasteiger partial charge in [0.25, 0.3) is 5.91 Å². The van der Waals surface area contributed by atoms with Crippen LogP contribution in [0.5, 0.6) is 0 Å². The molecule has 0 spiro atoms. The monoisotopic (exact) mass is 340 g/mol. The van der Waals surface area contributed by atoms with Crippen LogP contribution in [-0.2, 0) is 4.79 Å². The van der Waals surface area contributed by atoms with E-state index in [9.17, 15) is 14.7 Å². The first-order valence-corrected chi connectivity index (χ1v) is 7.22. The summed E-state index contributed by atoms with van der Waals surface area (Å²) in [5.41, 5.74) is 5.72. The van der Waals surface area contributed by atoms with Gasteiger partial charge < -0.3 is 16.2 Å². The highest BCUT2D eigenvalue weighted by Gasteiger charge is 2.45. The standard InChI is InChI=1S/C14H17BrN2O3/c1-14(13(19)20)4-2-3-11(14)17-12(18)8-5-9(15)7-10(16)6-8/h5-7,11H,2-4,16H2,1H3,(H,17,18)(H,19,20). The van der Waals surface area contributed by atoms with Crippen LogP contribution in [0.25, 0.3) is 0 Å². The van der Waals surface area contributed by atoms with Crippen molar-refractivity contribution in [1.82, 2.24) is 5.32 Å². The van der Waals surface area contributed by atoms with Crippen molar-refractivity contribution in [3.8, 4) is 0 Å². The van der Waals surface area contributed by atoms with Crippen molar-refractivity contribution in [2.75, 3.05) is 5.73 Å². The molecule has 1 amide bonds. The number of carbonyl (C=O) groups is 2. The molecule has 1 aliphatic carbocycles. The minimum atomic E-state index is -0.896. The molecule has 0 aromatic heterocycles. The zero-order valence-electron chi connectivity index (χ0n) is 11.1. The molecule has 2 atom stereocenters. The number of halogens is 1. The molecule has 0 aliphatic heterocycles. The van der Waals surface area contributed by atoms with Crippen LogP contribution in [0.1, 0.15) is 36.5 Å². The van der Waals surface area contributed by atoms with E-state index in [2.05, 4.69) is 21.2 Å². The first-order valence-electron chi connectivity index (χ1n) is 6.43. The summed E-state index contributed by atoms with van der Waals surface area (Å²) in [6, 6.07) is 4.59. The number of anilines is 1. The maximum Gasteiger partial charge on any atom is 0.311 e. The van der Waals surface area contributed by atoms with Crippen LogP contribution in [0, 0.1) is 5.41 Å². The van der Waals surface area contributed by atoms with E-state index in [1.165, 1.54) is 0 Å². The van der Waals surface area contributed by atoms with Crippen molar-refractivity contribution in [2.45, 2.75) is 32.2 Å². The number of hydrogen-bond acceptors (Lipinski definition) is 3. The second kappa shape index (κ2) is 5.44. The molecule has 5 nitrogen and oxygen atoms in total. The van der Waals surface area contributed by atoms with E-state index in [0.717, 1.165) is 10.9 Å². The average Bonchev–Trinajstić information content (AvgIpc) is 2.71. The van der Waals surface area contributed by atoms with Gasteiger partial charge in [-0.1, -0.05) is 22.4 Å². The van der Waals surface area contributed by atoms with Gasteiger partial charge in [0.1, 0.15) is 0 Å². The fourth-order valence-electron chi connectivity index (χ4n) is 2.64. The van der Waals surface area contributed by atoms with Crippen LogP contribution >= 0.6 is 15.9 Å². The van der Waals surface area contributed by atoms with Gasteiger partial charge in [0.05, 0.1) is 5.41 Å². The largest absolute Gasteiger partial charge is 0.481 e. The summed E-state index contributed by atoms with van der Waals surface area (Å²) in [6.45, 7) is 1.68. The van der Waals surface area contributed by atoms with Gasteiger partial charge in [-0.15, -0.1) is 0 Å². The first kappa shape index (κ1) is 14.8. The summed E-state index contributed by atoms with van der Waals surface area (Å²) < 4.78 is 0.718. The first-order chi connectivity index (χ1) is 9.33. The molecule has 0 radical (unpaired) electrons. The molecule has 4 N–H and O–H groups in total. The Morgan fingerprint density at radius 3 is 2.75 bits per heavy atom. The van der Waals surface area contributed by atoms with Crippen LogP contribution in [0.4, 0.5) is 5.69 Å². The van der Waals surface area contributed by atoms with E-state index in [1.807, 2.05) is 0 Å². The maximum absolute atomic E-state index is 12.2. The lowest BCUT2D eigenvalue weighted by atomic mass is 9.85. The summed E-state index contributed by atoms with van der Waals surface area (Å²) >= 11 is 3.29. The Hall–Kier alpha value is -1.56. The predicted molar refractivity (Wildman–Crippen MR) is 79.4 cm³/mol. The fourth-order valence-corrected chi connectivity index (χ4v) is 3.15. The zero-order chi connectivity index (χ0) is 14.9. The van der Waals surface area contributed by atoms with Crippen molar-refractivity contribution in [1.29, 1.82) is 0 Å². The fraction of sp³-hybridized carbons (Fsp3) is 0.429. The summed E-state index contributed by atoms with van der Waals surface area (Å²) in [5.74, 6) is -1.16. The van der Waals surface area contributed by atoms with Crippen LogP contribution in [0.3, 0.4) is 0 Å². The summed E-state index contributed by atoms with van der Waals surface area (Å²) in [5, 5.41) is 12.2. The number of benzene rings is 1. The Balaban J connectivity index is 2.17. The number of nitrogens with two attached hydrogens (primary N) is 1. The number of carboxylic acid groups (broad SMARTS) is 1. The molecule has 1 aromatic rings. The van der Waals surface area contributed by atoms with Crippen LogP contribution in [0.2, 0.25) is 0 Å². The second-order valence-electron chi connectivity index (χ2n) is 5.41. The molecule has 0 bridgehead atoms. The molecule has 2 rings (SSSR count). The smallest absolute Gasteiger partial charge is 0.311 e. The SMILES string of the molecule is CC1(C(=O)O)CCCC1NC(=O)c1cc(N)cc(Br)c1. The molecule has 108 valence electrons. The van der Waals surface area contributed by atoms with Crippen molar-refractivity contribution in [2.24, 2.45) is 5.41 Å². The summed E-state index contributed by atoms with van der Waals surface area (Å²) in [4.78, 5) is 23.6. The number of nitrogens with one attached hydrogen (secondary N) is 1. The van der Waals surface area contributed by atoms with Crippen LogP contribution in [-0.4, -0.2) is 23.0 Å². The zero-order valence-corrected chi connectivity index (χ0v) is 12.7. The number of rotatable bonds is 3. The van der Waals surface area contributed by atoms with Gasteiger partial charge in [0, 0.05) is 21.8 Å². The molecule has 1 fully saturated rings. The normalized spacial score (nSPS) is 25.4. The van der Waals surface area contributed by atoms with Gasteiger partial charge in [-0.05, 0) is 38.0 Å². The third-order valence-corrected chi connectivity index (χ3v) is 4.39. The van der Waals surface area contributed by atoms with Gasteiger partial charge in [-0.25, -0.2) is 0 Å². The van der Waals surface area contributed by atoms with Crippen LogP contribution < -0.4 is 11.1 Å².